The number of aliphatic imine (C=N–C) groups is 1. The molecule has 0 amide bonds. The molecule has 1 aliphatic carbocycles. The predicted molar refractivity (Wildman–Crippen MR) is 71.0 cm³/mol. The van der Waals surface area contributed by atoms with Gasteiger partial charge in [0, 0.05) is 11.6 Å². The molecule has 0 aromatic carbocycles. The second-order valence-electron chi connectivity index (χ2n) is 5.44. The van der Waals surface area contributed by atoms with E-state index in [1.807, 2.05) is 0 Å². The van der Waals surface area contributed by atoms with Gasteiger partial charge in [-0.2, -0.15) is 0 Å². The highest BCUT2D eigenvalue weighted by molar-refractivity contribution is 5.87. The molecule has 1 aliphatic heterocycles. The van der Waals surface area contributed by atoms with E-state index in [0.717, 1.165) is 12.5 Å². The molecule has 16 heavy (non-hydrogen) atoms. The number of rotatable bonds is 2. The van der Waals surface area contributed by atoms with Gasteiger partial charge in [-0.15, -0.1) is 0 Å². The zero-order valence-electron chi connectivity index (χ0n) is 10.8. The Morgan fingerprint density at radius 2 is 2.19 bits per heavy atom. The fourth-order valence-electron chi connectivity index (χ4n) is 3.32. The van der Waals surface area contributed by atoms with Crippen molar-refractivity contribution >= 4 is 5.71 Å². The van der Waals surface area contributed by atoms with Gasteiger partial charge in [0.15, 0.2) is 0 Å². The lowest BCUT2D eigenvalue weighted by atomic mass is 9.78. The molecule has 0 aromatic rings. The van der Waals surface area contributed by atoms with E-state index in [0.29, 0.717) is 5.92 Å². The lowest BCUT2D eigenvalue weighted by Crippen LogP contribution is -2.21. The highest BCUT2D eigenvalue weighted by atomic mass is 14.7. The van der Waals surface area contributed by atoms with Crippen molar-refractivity contribution in [3.05, 3.63) is 11.6 Å². The average molecular weight is 219 g/mol. The van der Waals surface area contributed by atoms with Gasteiger partial charge in [0.05, 0.1) is 6.54 Å². The standard InChI is InChI=1S/C15H25N/c1-3-5-13-6-4-7-15-12(2)16-11-10-14(15)9-8-13/h10,13,15H,3-9,11H2,1-2H3. The Hall–Kier alpha value is -0.590. The molecule has 2 rings (SSSR count). The zero-order chi connectivity index (χ0) is 11.4. The van der Waals surface area contributed by atoms with Gasteiger partial charge in [-0.25, -0.2) is 0 Å². The molecule has 1 saturated carbocycles. The SMILES string of the molecule is CCCC1CCCC2C(=CCN=C2C)CC1. The van der Waals surface area contributed by atoms with E-state index in [4.69, 9.17) is 0 Å². The van der Waals surface area contributed by atoms with Crippen LogP contribution >= 0.6 is 0 Å². The number of allylic oxidation sites excluding steroid dienone is 1. The van der Waals surface area contributed by atoms with Crippen LogP contribution in [0.4, 0.5) is 0 Å². The molecule has 2 unspecified atom stereocenters. The summed E-state index contributed by atoms with van der Waals surface area (Å²) in [5, 5.41) is 0. The lowest BCUT2D eigenvalue weighted by molar-refractivity contribution is 0.369. The summed E-state index contributed by atoms with van der Waals surface area (Å²) in [6, 6.07) is 0. The minimum Gasteiger partial charge on any atom is -0.290 e. The van der Waals surface area contributed by atoms with Crippen LogP contribution in [-0.2, 0) is 0 Å². The van der Waals surface area contributed by atoms with Crippen LogP contribution in [0.15, 0.2) is 16.6 Å². The fourth-order valence-corrected chi connectivity index (χ4v) is 3.32. The summed E-state index contributed by atoms with van der Waals surface area (Å²) >= 11 is 0. The van der Waals surface area contributed by atoms with Crippen molar-refractivity contribution in [3.63, 3.8) is 0 Å². The summed E-state index contributed by atoms with van der Waals surface area (Å²) in [6.07, 6.45) is 12.1. The minimum absolute atomic E-state index is 0.705. The van der Waals surface area contributed by atoms with Crippen molar-refractivity contribution in [1.82, 2.24) is 0 Å². The molecular weight excluding hydrogens is 194 g/mol. The first-order chi connectivity index (χ1) is 7.81. The van der Waals surface area contributed by atoms with Crippen LogP contribution in [0.25, 0.3) is 0 Å². The molecule has 0 aromatic heterocycles. The third kappa shape index (κ3) is 2.75. The summed E-state index contributed by atoms with van der Waals surface area (Å²) in [4.78, 5) is 4.58. The maximum atomic E-state index is 4.58. The first-order valence-corrected chi connectivity index (χ1v) is 7.01. The molecule has 0 saturated heterocycles. The molecule has 0 radical (unpaired) electrons. The van der Waals surface area contributed by atoms with Crippen LogP contribution in [0.1, 0.15) is 58.8 Å². The Morgan fingerprint density at radius 1 is 1.31 bits per heavy atom. The first kappa shape index (κ1) is 11.9. The van der Waals surface area contributed by atoms with E-state index >= 15 is 0 Å². The largest absolute Gasteiger partial charge is 0.290 e. The quantitative estimate of drug-likeness (QED) is 0.611. The molecule has 0 N–H and O–H groups in total. The first-order valence-electron chi connectivity index (χ1n) is 7.01. The van der Waals surface area contributed by atoms with E-state index in [-0.39, 0.29) is 0 Å². The molecule has 0 bridgehead atoms. The van der Waals surface area contributed by atoms with Crippen LogP contribution in [-0.4, -0.2) is 12.3 Å². The summed E-state index contributed by atoms with van der Waals surface area (Å²) < 4.78 is 0. The monoisotopic (exact) mass is 219 g/mol. The van der Waals surface area contributed by atoms with E-state index in [9.17, 15) is 0 Å². The normalized spacial score (nSPS) is 30.9. The van der Waals surface area contributed by atoms with Gasteiger partial charge in [0.25, 0.3) is 0 Å². The molecule has 2 atom stereocenters. The van der Waals surface area contributed by atoms with Gasteiger partial charge in [-0.1, -0.05) is 44.3 Å². The Balaban J connectivity index is 1.98. The Labute approximate surface area is 100 Å². The summed E-state index contributed by atoms with van der Waals surface area (Å²) in [7, 11) is 0. The predicted octanol–water partition coefficient (Wildman–Crippen LogP) is 4.38. The molecule has 1 heteroatoms. The maximum Gasteiger partial charge on any atom is 0.0572 e. The second kappa shape index (κ2) is 5.65. The van der Waals surface area contributed by atoms with Crippen LogP contribution in [0.3, 0.4) is 0 Å². The summed E-state index contributed by atoms with van der Waals surface area (Å²) in [5.41, 5.74) is 3.10. The van der Waals surface area contributed by atoms with Crippen molar-refractivity contribution in [2.75, 3.05) is 6.54 Å². The van der Waals surface area contributed by atoms with E-state index in [2.05, 4.69) is 24.9 Å². The van der Waals surface area contributed by atoms with Gasteiger partial charge in [-0.3, -0.25) is 4.99 Å². The van der Waals surface area contributed by atoms with Gasteiger partial charge in [0.1, 0.15) is 0 Å². The Kier molecular flexibility index (Phi) is 4.20. The highest BCUT2D eigenvalue weighted by Gasteiger charge is 2.23. The second-order valence-corrected chi connectivity index (χ2v) is 5.44. The highest BCUT2D eigenvalue weighted by Crippen LogP contribution is 2.34. The smallest absolute Gasteiger partial charge is 0.0572 e. The molecule has 1 fully saturated rings. The zero-order valence-corrected chi connectivity index (χ0v) is 10.8. The van der Waals surface area contributed by atoms with Crippen molar-refractivity contribution in [1.29, 1.82) is 0 Å². The van der Waals surface area contributed by atoms with Crippen LogP contribution in [0.2, 0.25) is 0 Å². The number of hydrogen-bond donors (Lipinski definition) is 0. The number of fused-ring (bicyclic) bond motifs is 1. The van der Waals surface area contributed by atoms with Crippen molar-refractivity contribution in [2.45, 2.75) is 58.8 Å². The van der Waals surface area contributed by atoms with E-state index < -0.39 is 0 Å². The number of nitrogens with zero attached hydrogens (tertiary/aromatic N) is 1. The van der Waals surface area contributed by atoms with Crippen LogP contribution in [0.5, 0.6) is 0 Å². The van der Waals surface area contributed by atoms with Crippen LogP contribution in [0, 0.1) is 11.8 Å². The Morgan fingerprint density at radius 3 is 3.00 bits per heavy atom. The molecule has 1 heterocycles. The molecular formula is C15H25N. The van der Waals surface area contributed by atoms with Crippen molar-refractivity contribution in [3.8, 4) is 0 Å². The van der Waals surface area contributed by atoms with E-state index in [1.165, 1.54) is 50.7 Å². The topological polar surface area (TPSA) is 12.4 Å². The van der Waals surface area contributed by atoms with Crippen LogP contribution < -0.4 is 0 Å². The third-order valence-electron chi connectivity index (χ3n) is 4.29. The van der Waals surface area contributed by atoms with Gasteiger partial charge in [-0.05, 0) is 32.1 Å². The van der Waals surface area contributed by atoms with E-state index in [1.54, 1.807) is 5.57 Å². The molecule has 0 spiro atoms. The Bertz CT molecular complexity index is 288. The molecule has 2 aliphatic rings. The molecule has 1 nitrogen and oxygen atoms in total. The van der Waals surface area contributed by atoms with Gasteiger partial charge < -0.3 is 0 Å². The van der Waals surface area contributed by atoms with Gasteiger partial charge >= 0.3 is 0 Å². The number of dihydropyridines is 1. The van der Waals surface area contributed by atoms with Crippen molar-refractivity contribution in [2.24, 2.45) is 16.8 Å². The van der Waals surface area contributed by atoms with Crippen molar-refractivity contribution < 1.29 is 0 Å². The number of hydrogen-bond acceptors (Lipinski definition) is 1. The minimum atomic E-state index is 0.705. The molecule has 90 valence electrons. The fraction of sp³-hybridized carbons (Fsp3) is 0.800. The average Bonchev–Trinajstić information content (AvgIpc) is 2.25. The third-order valence-corrected chi connectivity index (χ3v) is 4.29. The lowest BCUT2D eigenvalue weighted by Gasteiger charge is -2.29. The summed E-state index contributed by atoms with van der Waals surface area (Å²) in [5.74, 6) is 1.70. The maximum absolute atomic E-state index is 4.58. The van der Waals surface area contributed by atoms with Gasteiger partial charge in [0.2, 0.25) is 0 Å². The summed E-state index contributed by atoms with van der Waals surface area (Å²) in [6.45, 7) is 5.48.